The van der Waals surface area contributed by atoms with Crippen LogP contribution in [0.1, 0.15) is 65.5 Å². The molecule has 0 aliphatic rings. The van der Waals surface area contributed by atoms with E-state index in [0.29, 0.717) is 5.92 Å². The summed E-state index contributed by atoms with van der Waals surface area (Å²) < 4.78 is 6.83. The molecule has 48 heavy (non-hydrogen) atoms. The van der Waals surface area contributed by atoms with Crippen molar-refractivity contribution in [3.05, 3.63) is 145 Å². The molecule has 242 valence electrons. The average Bonchev–Trinajstić information content (AvgIpc) is 3.43. The fourth-order valence-corrected chi connectivity index (χ4v) is 7.38. The van der Waals surface area contributed by atoms with E-state index in [2.05, 4.69) is 192 Å². The molecule has 1 heterocycles. The van der Waals surface area contributed by atoms with Crippen molar-refractivity contribution in [1.82, 2.24) is 0 Å². The van der Waals surface area contributed by atoms with Crippen molar-refractivity contribution >= 4 is 55.5 Å². The summed E-state index contributed by atoms with van der Waals surface area (Å²) in [5.74, 6) is 0.493. The molecule has 0 aliphatic heterocycles. The Bertz CT molecular complexity index is 2200. The highest BCUT2D eigenvalue weighted by Gasteiger charge is 2.31. The van der Waals surface area contributed by atoms with Crippen molar-refractivity contribution < 1.29 is 4.42 Å². The summed E-state index contributed by atoms with van der Waals surface area (Å²) in [4.78, 5) is 4.91. The molecular weight excluding hydrogens is 585 g/mol. The van der Waals surface area contributed by atoms with Gasteiger partial charge in [-0.3, -0.25) is 0 Å². The van der Waals surface area contributed by atoms with Gasteiger partial charge in [-0.2, -0.15) is 0 Å². The molecule has 0 spiro atoms. The molecule has 3 nitrogen and oxygen atoms in total. The molecule has 0 bridgehead atoms. The van der Waals surface area contributed by atoms with Crippen molar-refractivity contribution in [2.75, 3.05) is 9.80 Å². The van der Waals surface area contributed by atoms with Crippen LogP contribution in [0.4, 0.5) is 22.7 Å². The normalized spacial score (nSPS) is 12.3. The molecule has 0 fully saturated rings. The molecule has 0 N–H and O–H groups in total. The van der Waals surface area contributed by atoms with Crippen molar-refractivity contribution in [2.24, 2.45) is 0 Å². The first-order valence-electron chi connectivity index (χ1n) is 17.2. The van der Waals surface area contributed by atoms with Gasteiger partial charge in [0.25, 0.3) is 0 Å². The molecular formula is C45H46N2O. The van der Waals surface area contributed by atoms with Crippen LogP contribution in [0.15, 0.2) is 138 Å². The lowest BCUT2D eigenvalue weighted by atomic mass is 9.90. The first-order chi connectivity index (χ1) is 23.0. The first kappa shape index (κ1) is 31.6. The van der Waals surface area contributed by atoms with Crippen LogP contribution in [-0.4, -0.2) is 11.1 Å². The number of nitrogens with zero attached hydrogens (tertiary/aromatic N) is 2. The standard InChI is InChI=1S/C45H46N2O/c1-31(2)33-24-26-36(27-25-33)46(44(3,4)5)41-22-14-20-39-38-28-23-32(29-42(38)48-43(39)41)30-45(6,7)47(35-17-9-8-10-18-35)40-21-13-16-34-15-11-12-19-37(34)40/h8-29,31H,30H2,1-7H3. The SMILES string of the molecule is CC(C)c1ccc(N(c2cccc3c2oc2cc(CC(C)(C)N(c4ccccc4)c4cccc5ccccc45)ccc23)C(C)(C)C)cc1. The lowest BCUT2D eigenvalue weighted by molar-refractivity contribution is 0.503. The van der Waals surface area contributed by atoms with Crippen LogP contribution in [0.25, 0.3) is 32.7 Å². The quantitative estimate of drug-likeness (QED) is 0.167. The van der Waals surface area contributed by atoms with Crippen LogP contribution in [-0.2, 0) is 6.42 Å². The minimum absolute atomic E-state index is 0.162. The Kier molecular flexibility index (Phi) is 8.03. The number of furan rings is 1. The Balaban J connectivity index is 1.30. The Morgan fingerprint density at radius 1 is 0.562 bits per heavy atom. The molecule has 7 rings (SSSR count). The monoisotopic (exact) mass is 630 g/mol. The van der Waals surface area contributed by atoms with Crippen molar-refractivity contribution in [2.45, 2.75) is 71.9 Å². The predicted molar refractivity (Wildman–Crippen MR) is 206 cm³/mol. The largest absolute Gasteiger partial charge is 0.454 e. The summed E-state index contributed by atoms with van der Waals surface area (Å²) in [5, 5.41) is 4.78. The summed E-state index contributed by atoms with van der Waals surface area (Å²) in [6.07, 6.45) is 0.835. The van der Waals surface area contributed by atoms with Crippen LogP contribution in [0, 0.1) is 0 Å². The van der Waals surface area contributed by atoms with Crippen molar-refractivity contribution in [1.29, 1.82) is 0 Å². The highest BCUT2D eigenvalue weighted by atomic mass is 16.3. The molecule has 0 radical (unpaired) electrons. The molecule has 3 heteroatoms. The Morgan fingerprint density at radius 3 is 1.92 bits per heavy atom. The van der Waals surface area contributed by atoms with Gasteiger partial charge < -0.3 is 14.2 Å². The molecule has 0 unspecified atom stereocenters. The third-order valence-electron chi connectivity index (χ3n) is 9.54. The highest BCUT2D eigenvalue weighted by molar-refractivity contribution is 6.09. The zero-order valence-corrected chi connectivity index (χ0v) is 29.3. The summed E-state index contributed by atoms with van der Waals surface area (Å²) in [7, 11) is 0. The van der Waals surface area contributed by atoms with E-state index in [-0.39, 0.29) is 11.1 Å². The van der Waals surface area contributed by atoms with Gasteiger partial charge in [0, 0.05) is 44.3 Å². The Hall–Kier alpha value is -5.02. The van der Waals surface area contributed by atoms with Gasteiger partial charge in [0.05, 0.1) is 5.69 Å². The number of para-hydroxylation sites is 2. The number of rotatable bonds is 8. The second-order valence-electron chi connectivity index (χ2n) is 15.0. The molecule has 0 saturated carbocycles. The van der Waals surface area contributed by atoms with Crippen molar-refractivity contribution in [3.8, 4) is 0 Å². The van der Waals surface area contributed by atoms with E-state index in [0.717, 1.165) is 39.7 Å². The van der Waals surface area contributed by atoms with Gasteiger partial charge in [0.1, 0.15) is 5.58 Å². The van der Waals surface area contributed by atoms with Crippen molar-refractivity contribution in [3.63, 3.8) is 0 Å². The Labute approximate surface area is 285 Å². The fourth-order valence-electron chi connectivity index (χ4n) is 7.38. The smallest absolute Gasteiger partial charge is 0.159 e. The van der Waals surface area contributed by atoms with Crippen LogP contribution >= 0.6 is 0 Å². The summed E-state index contributed by atoms with van der Waals surface area (Å²) in [6.45, 7) is 16.0. The van der Waals surface area contributed by atoms with E-state index in [1.807, 2.05) is 0 Å². The van der Waals surface area contributed by atoms with Gasteiger partial charge in [-0.25, -0.2) is 0 Å². The lowest BCUT2D eigenvalue weighted by Gasteiger charge is -2.41. The minimum Gasteiger partial charge on any atom is -0.454 e. The number of hydrogen-bond donors (Lipinski definition) is 0. The van der Waals surface area contributed by atoms with Crippen LogP contribution in [0.3, 0.4) is 0 Å². The van der Waals surface area contributed by atoms with E-state index in [1.54, 1.807) is 0 Å². The summed E-state index contributed by atoms with van der Waals surface area (Å²) in [5.41, 5.74) is 8.66. The maximum Gasteiger partial charge on any atom is 0.159 e. The van der Waals surface area contributed by atoms with E-state index in [1.165, 1.54) is 33.3 Å². The first-order valence-corrected chi connectivity index (χ1v) is 17.2. The highest BCUT2D eigenvalue weighted by Crippen LogP contribution is 2.43. The van der Waals surface area contributed by atoms with Crippen LogP contribution in [0.2, 0.25) is 0 Å². The molecule has 0 amide bonds. The average molecular weight is 631 g/mol. The van der Waals surface area contributed by atoms with Crippen LogP contribution < -0.4 is 9.80 Å². The number of benzene rings is 6. The van der Waals surface area contributed by atoms with Crippen LogP contribution in [0.5, 0.6) is 0 Å². The van der Waals surface area contributed by atoms with Gasteiger partial charge in [0.2, 0.25) is 0 Å². The van der Waals surface area contributed by atoms with E-state index >= 15 is 0 Å². The molecule has 6 aromatic carbocycles. The predicted octanol–water partition coefficient (Wildman–Crippen LogP) is 13.0. The summed E-state index contributed by atoms with van der Waals surface area (Å²) >= 11 is 0. The van der Waals surface area contributed by atoms with E-state index in [9.17, 15) is 0 Å². The number of hydrogen-bond acceptors (Lipinski definition) is 3. The van der Waals surface area contributed by atoms with E-state index < -0.39 is 0 Å². The second kappa shape index (κ2) is 12.2. The van der Waals surface area contributed by atoms with Gasteiger partial charge in [-0.1, -0.05) is 105 Å². The number of fused-ring (bicyclic) bond motifs is 4. The maximum atomic E-state index is 6.83. The second-order valence-corrected chi connectivity index (χ2v) is 15.0. The maximum absolute atomic E-state index is 6.83. The molecule has 0 aliphatic carbocycles. The third kappa shape index (κ3) is 5.83. The van der Waals surface area contributed by atoms with Gasteiger partial charge >= 0.3 is 0 Å². The molecule has 7 aromatic rings. The van der Waals surface area contributed by atoms with Gasteiger partial charge in [-0.15, -0.1) is 0 Å². The molecule has 0 atom stereocenters. The van der Waals surface area contributed by atoms with Gasteiger partial charge in [0.15, 0.2) is 5.58 Å². The topological polar surface area (TPSA) is 19.6 Å². The fraction of sp³-hybridized carbons (Fsp3) is 0.244. The molecule has 1 aromatic heterocycles. The van der Waals surface area contributed by atoms with Gasteiger partial charge in [-0.05, 0) is 106 Å². The zero-order chi connectivity index (χ0) is 33.6. The number of anilines is 4. The molecule has 0 saturated heterocycles. The third-order valence-corrected chi connectivity index (χ3v) is 9.54. The Morgan fingerprint density at radius 2 is 1.19 bits per heavy atom. The minimum atomic E-state index is -0.248. The summed E-state index contributed by atoms with van der Waals surface area (Å²) in [6, 6.07) is 48.4. The lowest BCUT2D eigenvalue weighted by Crippen LogP contribution is -2.42. The van der Waals surface area contributed by atoms with E-state index in [4.69, 9.17) is 4.42 Å². The zero-order valence-electron chi connectivity index (χ0n) is 29.3.